The van der Waals surface area contributed by atoms with Crippen LogP contribution in [-0.2, 0) is 17.0 Å². The fourth-order valence-corrected chi connectivity index (χ4v) is 3.51. The molecule has 0 bridgehead atoms. The highest BCUT2D eigenvalue weighted by molar-refractivity contribution is 7.99. The second-order valence-electron chi connectivity index (χ2n) is 5.50. The highest BCUT2D eigenvalue weighted by Gasteiger charge is 2.08. The predicted molar refractivity (Wildman–Crippen MR) is 102 cm³/mol. The summed E-state index contributed by atoms with van der Waals surface area (Å²) >= 11 is 7.31. The number of ether oxygens (including phenoxy) is 1. The van der Waals surface area contributed by atoms with Crippen molar-refractivity contribution in [3.8, 4) is 5.75 Å². The lowest BCUT2D eigenvalue weighted by Crippen LogP contribution is -2.26. The van der Waals surface area contributed by atoms with Gasteiger partial charge in [-0.25, -0.2) is 4.39 Å². The highest BCUT2D eigenvalue weighted by Crippen LogP contribution is 2.23. The van der Waals surface area contributed by atoms with Crippen LogP contribution in [0.25, 0.3) is 0 Å². The van der Waals surface area contributed by atoms with Gasteiger partial charge >= 0.3 is 0 Å². The van der Waals surface area contributed by atoms with Crippen molar-refractivity contribution >= 4 is 29.3 Å². The van der Waals surface area contributed by atoms with Crippen LogP contribution in [0.4, 0.5) is 4.39 Å². The van der Waals surface area contributed by atoms with Crippen LogP contribution in [-0.4, -0.2) is 25.3 Å². The van der Waals surface area contributed by atoms with Crippen molar-refractivity contribution in [2.75, 3.05) is 19.4 Å². The van der Waals surface area contributed by atoms with Gasteiger partial charge in [-0.15, -0.1) is 11.8 Å². The normalized spacial score (nSPS) is 10.5. The molecule has 0 atom stereocenters. The fraction of sp³-hybridized carbons (Fsp3) is 0.316. The van der Waals surface area contributed by atoms with E-state index in [9.17, 15) is 9.18 Å². The van der Waals surface area contributed by atoms with Crippen molar-refractivity contribution in [3.63, 3.8) is 0 Å². The second kappa shape index (κ2) is 10.3. The van der Waals surface area contributed by atoms with Gasteiger partial charge in [-0.05, 0) is 42.7 Å². The van der Waals surface area contributed by atoms with Gasteiger partial charge in [0, 0.05) is 22.9 Å². The monoisotopic (exact) mass is 381 g/mol. The molecule has 0 aliphatic heterocycles. The largest absolute Gasteiger partial charge is 0.497 e. The minimum absolute atomic E-state index is 0.0527. The van der Waals surface area contributed by atoms with Crippen molar-refractivity contribution in [1.82, 2.24) is 5.32 Å². The number of nitrogens with one attached hydrogen (secondary N) is 1. The third-order valence-corrected chi connectivity index (χ3v) is 4.95. The SMILES string of the molecule is COc1cccc(CCCNC(=O)CSCc2c(F)cccc2Cl)c1. The average molecular weight is 382 g/mol. The molecular weight excluding hydrogens is 361 g/mol. The number of benzene rings is 2. The molecule has 0 fully saturated rings. The summed E-state index contributed by atoms with van der Waals surface area (Å²) in [4.78, 5) is 11.8. The maximum atomic E-state index is 13.6. The van der Waals surface area contributed by atoms with Crippen LogP contribution in [0.5, 0.6) is 5.75 Å². The first-order valence-electron chi connectivity index (χ1n) is 8.00. The summed E-state index contributed by atoms with van der Waals surface area (Å²) in [6.07, 6.45) is 1.72. The number of carbonyl (C=O) groups is 1. The van der Waals surface area contributed by atoms with Crippen LogP contribution in [0.1, 0.15) is 17.5 Å². The van der Waals surface area contributed by atoms with Gasteiger partial charge in [0.25, 0.3) is 0 Å². The van der Waals surface area contributed by atoms with E-state index >= 15 is 0 Å². The number of aryl methyl sites for hydroxylation is 1. The van der Waals surface area contributed by atoms with Crippen molar-refractivity contribution in [1.29, 1.82) is 0 Å². The molecule has 3 nitrogen and oxygen atoms in total. The molecule has 0 saturated heterocycles. The molecule has 25 heavy (non-hydrogen) atoms. The number of thioether (sulfide) groups is 1. The van der Waals surface area contributed by atoms with Gasteiger partial charge in [0.2, 0.25) is 5.91 Å². The highest BCUT2D eigenvalue weighted by atomic mass is 35.5. The van der Waals surface area contributed by atoms with E-state index < -0.39 is 0 Å². The number of methoxy groups -OCH3 is 1. The summed E-state index contributed by atoms with van der Waals surface area (Å²) in [5, 5.41) is 3.27. The molecule has 0 spiro atoms. The zero-order valence-electron chi connectivity index (χ0n) is 14.1. The Balaban J connectivity index is 1.64. The Hall–Kier alpha value is -1.72. The van der Waals surface area contributed by atoms with Gasteiger partial charge in [-0.2, -0.15) is 0 Å². The van der Waals surface area contributed by atoms with E-state index in [2.05, 4.69) is 5.32 Å². The Morgan fingerprint density at radius 2 is 2.08 bits per heavy atom. The molecule has 1 N–H and O–H groups in total. The van der Waals surface area contributed by atoms with E-state index in [1.54, 1.807) is 19.2 Å². The van der Waals surface area contributed by atoms with E-state index in [-0.39, 0.29) is 17.5 Å². The molecule has 2 rings (SSSR count). The Bertz CT molecular complexity index is 691. The van der Waals surface area contributed by atoms with E-state index in [1.807, 2.05) is 24.3 Å². The van der Waals surface area contributed by atoms with E-state index in [4.69, 9.17) is 16.3 Å². The molecule has 0 radical (unpaired) electrons. The van der Waals surface area contributed by atoms with Gasteiger partial charge in [0.05, 0.1) is 12.9 Å². The summed E-state index contributed by atoms with van der Waals surface area (Å²) in [5.41, 5.74) is 1.62. The van der Waals surface area contributed by atoms with Crippen LogP contribution >= 0.6 is 23.4 Å². The van der Waals surface area contributed by atoms with Gasteiger partial charge in [-0.3, -0.25) is 4.79 Å². The second-order valence-corrected chi connectivity index (χ2v) is 6.89. The van der Waals surface area contributed by atoms with E-state index in [1.165, 1.54) is 23.4 Å². The Morgan fingerprint density at radius 3 is 2.84 bits per heavy atom. The van der Waals surface area contributed by atoms with Crippen LogP contribution in [0, 0.1) is 5.82 Å². The van der Waals surface area contributed by atoms with Gasteiger partial charge in [0.1, 0.15) is 11.6 Å². The smallest absolute Gasteiger partial charge is 0.230 e. The Kier molecular flexibility index (Phi) is 8.09. The van der Waals surface area contributed by atoms with Crippen LogP contribution in [0.3, 0.4) is 0 Å². The number of hydrogen-bond donors (Lipinski definition) is 1. The van der Waals surface area contributed by atoms with Crippen molar-refractivity contribution in [2.45, 2.75) is 18.6 Å². The van der Waals surface area contributed by atoms with Gasteiger partial charge in [-0.1, -0.05) is 29.8 Å². The van der Waals surface area contributed by atoms with Crippen LogP contribution in [0.15, 0.2) is 42.5 Å². The molecule has 6 heteroatoms. The Morgan fingerprint density at radius 1 is 1.28 bits per heavy atom. The molecule has 0 aliphatic carbocycles. The standard InChI is InChI=1S/C19H21ClFNO2S/c1-24-15-7-2-5-14(11-15)6-4-10-22-19(23)13-25-12-16-17(20)8-3-9-18(16)21/h2-3,5,7-9,11H,4,6,10,12-13H2,1H3,(H,22,23). The van der Waals surface area contributed by atoms with Gasteiger partial charge in [0.15, 0.2) is 0 Å². The summed E-state index contributed by atoms with van der Waals surface area (Å²) in [7, 11) is 1.64. The molecule has 0 aliphatic rings. The lowest BCUT2D eigenvalue weighted by Gasteiger charge is -2.08. The molecule has 0 unspecified atom stereocenters. The van der Waals surface area contributed by atoms with Crippen molar-refractivity contribution in [3.05, 3.63) is 64.4 Å². The molecule has 1 amide bonds. The minimum atomic E-state index is -0.335. The molecule has 0 heterocycles. The number of amides is 1. The summed E-state index contributed by atoms with van der Waals surface area (Å²) in [5.74, 6) is 1.11. The fourth-order valence-electron chi connectivity index (χ4n) is 2.32. The predicted octanol–water partition coefficient (Wildman–Crippen LogP) is 4.47. The third-order valence-electron chi connectivity index (χ3n) is 3.64. The Labute approximate surface area is 156 Å². The first-order chi connectivity index (χ1) is 12.1. The molecule has 0 aromatic heterocycles. The molecular formula is C19H21ClFNO2S. The lowest BCUT2D eigenvalue weighted by atomic mass is 10.1. The summed E-state index contributed by atoms with van der Waals surface area (Å²) in [6.45, 7) is 0.608. The number of carbonyl (C=O) groups excluding carboxylic acids is 1. The molecule has 2 aromatic rings. The minimum Gasteiger partial charge on any atom is -0.497 e. The molecule has 2 aromatic carbocycles. The lowest BCUT2D eigenvalue weighted by molar-refractivity contribution is -0.118. The van der Waals surface area contributed by atoms with E-state index in [0.717, 1.165) is 18.6 Å². The van der Waals surface area contributed by atoms with Crippen molar-refractivity contribution in [2.24, 2.45) is 0 Å². The maximum absolute atomic E-state index is 13.6. The third kappa shape index (κ3) is 6.59. The molecule has 134 valence electrons. The number of halogens is 2. The maximum Gasteiger partial charge on any atom is 0.230 e. The average Bonchev–Trinajstić information content (AvgIpc) is 2.61. The quantitative estimate of drug-likeness (QED) is 0.651. The zero-order valence-corrected chi connectivity index (χ0v) is 15.6. The molecule has 0 saturated carbocycles. The topological polar surface area (TPSA) is 38.3 Å². The number of rotatable bonds is 9. The number of hydrogen-bond acceptors (Lipinski definition) is 3. The van der Waals surface area contributed by atoms with Gasteiger partial charge < -0.3 is 10.1 Å². The summed E-state index contributed by atoms with van der Waals surface area (Å²) < 4.78 is 18.8. The van der Waals surface area contributed by atoms with Crippen LogP contribution in [0.2, 0.25) is 5.02 Å². The van der Waals surface area contributed by atoms with E-state index in [0.29, 0.717) is 22.9 Å². The summed E-state index contributed by atoms with van der Waals surface area (Å²) in [6, 6.07) is 12.5. The first kappa shape index (κ1) is 19.6. The van der Waals surface area contributed by atoms with Crippen LogP contribution < -0.4 is 10.1 Å². The zero-order chi connectivity index (χ0) is 18.1. The first-order valence-corrected chi connectivity index (χ1v) is 9.53. The van der Waals surface area contributed by atoms with Crippen molar-refractivity contribution < 1.29 is 13.9 Å².